The van der Waals surface area contributed by atoms with Gasteiger partial charge in [0.2, 0.25) is 5.88 Å². The maximum Gasteiger partial charge on any atom is 0.293 e. The molecule has 0 spiro atoms. The zero-order valence-electron chi connectivity index (χ0n) is 37.7. The van der Waals surface area contributed by atoms with Crippen molar-refractivity contribution in [2.24, 2.45) is 11.3 Å². The summed E-state index contributed by atoms with van der Waals surface area (Å²) in [4.78, 5) is 39.8. The van der Waals surface area contributed by atoms with Crippen molar-refractivity contribution < 1.29 is 42.9 Å². The number of amides is 1. The Morgan fingerprint density at radius 1 is 1.00 bits per heavy atom. The number of H-pyrrole nitrogens is 1. The first-order chi connectivity index (χ1) is 32.5. The molecule has 360 valence electrons. The van der Waals surface area contributed by atoms with Crippen LogP contribution in [0.1, 0.15) is 55.5 Å². The second-order valence-corrected chi connectivity index (χ2v) is 20.8. The number of benzene rings is 3. The summed E-state index contributed by atoms with van der Waals surface area (Å²) in [5.74, 6) is -1.55. The molecular formula is C48H55ClN8O10S. The quantitative estimate of drug-likeness (QED) is 0.0617. The molecule has 4 aliphatic rings. The molecule has 4 atom stereocenters. The molecule has 3 aromatic carbocycles. The largest absolute Gasteiger partial charge is 0.476 e. The van der Waals surface area contributed by atoms with Gasteiger partial charge in [-0.3, -0.25) is 19.8 Å². The summed E-state index contributed by atoms with van der Waals surface area (Å²) < 4.78 is 41.1. The Labute approximate surface area is 398 Å². The number of nitro groups is 1. The number of hydrogen-bond acceptors (Lipinski definition) is 15. The molecule has 2 fully saturated rings. The zero-order valence-corrected chi connectivity index (χ0v) is 39.3. The lowest BCUT2D eigenvalue weighted by Gasteiger charge is -2.39. The standard InChI is InChI=1S/C48H55ClN8O10S/c1-48(2)14-12-31(36(25-48)29-4-6-32(49)7-5-29)27-54-17-19-55(20-18-54)33-8-10-35(39(23-33)56-16-3-21-66-46-41(56)22-30-13-15-50-44(30)52-46)45(60)53-68(64,65)34-9-11-38(40(24-34)57(62)63)51-26-37-42(58)28-67-47(61)43(37)59/h4-11,13,15,22-24,37,42-43,47,51,58-59,61H,3,12,14,16-21,25-28H2,1-2H3,(H,50,52)(H,53,60). The predicted molar refractivity (Wildman–Crippen MR) is 258 cm³/mol. The smallest absolute Gasteiger partial charge is 0.293 e. The topological polar surface area (TPSA) is 236 Å². The van der Waals surface area contributed by atoms with Crippen LogP contribution in [0.3, 0.4) is 0 Å². The lowest BCUT2D eigenvalue weighted by Crippen LogP contribution is -2.51. The Hall–Kier alpha value is -5.80. The minimum Gasteiger partial charge on any atom is -0.476 e. The van der Waals surface area contributed by atoms with Crippen LogP contribution in [0.25, 0.3) is 16.6 Å². The van der Waals surface area contributed by atoms with Gasteiger partial charge in [-0.15, -0.1) is 0 Å². The number of rotatable bonds is 12. The third-order valence-corrected chi connectivity index (χ3v) is 15.1. The molecule has 68 heavy (non-hydrogen) atoms. The molecule has 5 heterocycles. The number of nitrogens with one attached hydrogen (secondary N) is 3. The number of pyridine rings is 1. The third kappa shape index (κ3) is 10.0. The monoisotopic (exact) mass is 970 g/mol. The Morgan fingerprint density at radius 3 is 2.54 bits per heavy atom. The number of halogens is 1. The molecule has 6 N–H and O–H groups in total. The Balaban J connectivity index is 0.982. The van der Waals surface area contributed by atoms with Gasteiger partial charge in [-0.1, -0.05) is 43.2 Å². The zero-order chi connectivity index (χ0) is 47.9. The minimum atomic E-state index is -4.70. The van der Waals surface area contributed by atoms with Crippen molar-refractivity contribution in [1.82, 2.24) is 19.6 Å². The van der Waals surface area contributed by atoms with E-state index in [-0.39, 0.29) is 29.8 Å². The summed E-state index contributed by atoms with van der Waals surface area (Å²) in [5, 5.41) is 47.1. The number of aromatic amines is 1. The van der Waals surface area contributed by atoms with Gasteiger partial charge in [-0.05, 0) is 96.8 Å². The van der Waals surface area contributed by atoms with Crippen molar-refractivity contribution in [1.29, 1.82) is 0 Å². The van der Waals surface area contributed by atoms with E-state index in [2.05, 4.69) is 50.8 Å². The van der Waals surface area contributed by atoms with E-state index in [1.807, 2.05) is 41.3 Å². The van der Waals surface area contributed by atoms with Crippen LogP contribution >= 0.6 is 11.6 Å². The number of piperazine rings is 1. The average Bonchev–Trinajstić information content (AvgIpc) is 3.68. The first-order valence-electron chi connectivity index (χ1n) is 22.8. The van der Waals surface area contributed by atoms with Gasteiger partial charge >= 0.3 is 0 Å². The van der Waals surface area contributed by atoms with E-state index in [1.54, 1.807) is 12.3 Å². The summed E-state index contributed by atoms with van der Waals surface area (Å²) in [6, 6.07) is 20.4. The highest BCUT2D eigenvalue weighted by atomic mass is 35.5. The molecular weight excluding hydrogens is 916 g/mol. The van der Waals surface area contributed by atoms with Crippen LogP contribution in [-0.2, 0) is 14.8 Å². The minimum absolute atomic E-state index is 0.0448. The molecule has 0 bridgehead atoms. The molecule has 1 aliphatic carbocycles. The van der Waals surface area contributed by atoms with Gasteiger partial charge in [0.15, 0.2) is 6.29 Å². The van der Waals surface area contributed by atoms with Gasteiger partial charge in [0.1, 0.15) is 23.1 Å². The predicted octanol–water partition coefficient (Wildman–Crippen LogP) is 6.05. The van der Waals surface area contributed by atoms with Gasteiger partial charge in [0.25, 0.3) is 21.6 Å². The van der Waals surface area contributed by atoms with Gasteiger partial charge in [0.05, 0.1) is 40.4 Å². The van der Waals surface area contributed by atoms with E-state index in [4.69, 9.17) is 26.1 Å². The van der Waals surface area contributed by atoms with E-state index in [1.165, 1.54) is 22.8 Å². The van der Waals surface area contributed by atoms with Gasteiger partial charge in [-0.2, -0.15) is 4.98 Å². The molecule has 2 saturated heterocycles. The second kappa shape index (κ2) is 19.3. The van der Waals surface area contributed by atoms with Crippen LogP contribution in [0.15, 0.2) is 89.5 Å². The molecule has 0 radical (unpaired) electrons. The third-order valence-electron chi connectivity index (χ3n) is 13.5. The summed E-state index contributed by atoms with van der Waals surface area (Å²) in [5.41, 5.74) is 6.07. The van der Waals surface area contributed by atoms with E-state index in [0.717, 1.165) is 62.1 Å². The second-order valence-electron chi connectivity index (χ2n) is 18.7. The molecule has 9 rings (SSSR count). The van der Waals surface area contributed by atoms with Crippen LogP contribution in [-0.4, -0.2) is 127 Å². The maximum absolute atomic E-state index is 14.4. The van der Waals surface area contributed by atoms with Crippen LogP contribution in [0.2, 0.25) is 5.02 Å². The van der Waals surface area contributed by atoms with Crippen molar-refractivity contribution in [2.45, 2.75) is 62.9 Å². The highest BCUT2D eigenvalue weighted by Gasteiger charge is 2.38. The molecule has 18 nitrogen and oxygen atoms in total. The van der Waals surface area contributed by atoms with Gasteiger partial charge < -0.3 is 44.9 Å². The van der Waals surface area contributed by atoms with E-state index >= 15 is 0 Å². The highest BCUT2D eigenvalue weighted by Crippen LogP contribution is 2.44. The molecule has 3 aliphatic heterocycles. The van der Waals surface area contributed by atoms with E-state index in [9.17, 15) is 38.6 Å². The SMILES string of the molecule is CC1(C)CCC(CN2CCN(c3ccc(C(=O)NS(=O)(=O)c4ccc(NCC5C(O)COC(O)C5O)c([N+](=O)[O-])c4)c(N4CCCOc5nc6[nH]ccc6cc54)c3)CC2)=C(c2ccc(Cl)cc2)C1. The number of nitro benzene ring substituents is 1. The summed E-state index contributed by atoms with van der Waals surface area (Å²) >= 11 is 6.26. The average molecular weight is 972 g/mol. The fraction of sp³-hybridized carbons (Fsp3) is 0.417. The number of aliphatic hydroxyl groups is 3. The number of carbonyl (C=O) groups is 1. The van der Waals surface area contributed by atoms with Crippen molar-refractivity contribution in [3.8, 4) is 5.88 Å². The van der Waals surface area contributed by atoms with Crippen molar-refractivity contribution in [2.75, 3.05) is 74.1 Å². The lowest BCUT2D eigenvalue weighted by atomic mass is 9.72. The van der Waals surface area contributed by atoms with Crippen molar-refractivity contribution in [3.63, 3.8) is 0 Å². The van der Waals surface area contributed by atoms with Gasteiger partial charge in [0, 0.05) is 80.1 Å². The number of aliphatic hydroxyl groups excluding tert-OH is 3. The summed E-state index contributed by atoms with van der Waals surface area (Å²) in [6.45, 7) is 8.84. The van der Waals surface area contributed by atoms with E-state index < -0.39 is 55.9 Å². The molecule has 5 aromatic rings. The Kier molecular flexibility index (Phi) is 13.4. The lowest BCUT2D eigenvalue weighted by molar-refractivity contribution is -0.384. The first-order valence-corrected chi connectivity index (χ1v) is 24.6. The van der Waals surface area contributed by atoms with E-state index in [0.29, 0.717) is 60.6 Å². The fourth-order valence-corrected chi connectivity index (χ4v) is 10.7. The molecule has 4 unspecified atom stereocenters. The number of fused-ring (bicyclic) bond motifs is 2. The molecule has 20 heteroatoms. The van der Waals surface area contributed by atoms with Crippen LogP contribution in [0.5, 0.6) is 5.88 Å². The number of carbonyl (C=O) groups excluding carboxylic acids is 1. The maximum atomic E-state index is 14.4. The Morgan fingerprint density at radius 2 is 1.78 bits per heavy atom. The number of ether oxygens (including phenoxy) is 2. The van der Waals surface area contributed by atoms with Crippen LogP contribution < -0.4 is 24.6 Å². The summed E-state index contributed by atoms with van der Waals surface area (Å²) in [6.07, 6.45) is 1.25. The highest BCUT2D eigenvalue weighted by molar-refractivity contribution is 7.90. The first kappa shape index (κ1) is 47.3. The number of sulfonamides is 1. The molecule has 0 saturated carbocycles. The number of nitrogens with zero attached hydrogens (tertiary/aromatic N) is 5. The number of aromatic nitrogens is 2. The summed E-state index contributed by atoms with van der Waals surface area (Å²) in [7, 11) is -4.70. The number of allylic oxidation sites excluding steroid dienone is 1. The normalized spacial score (nSPS) is 22.3. The van der Waals surface area contributed by atoms with Crippen molar-refractivity contribution in [3.05, 3.63) is 111 Å². The van der Waals surface area contributed by atoms with Crippen molar-refractivity contribution >= 4 is 72.6 Å². The fourth-order valence-electron chi connectivity index (χ4n) is 9.60. The van der Waals surface area contributed by atoms with Gasteiger partial charge in [-0.25, -0.2) is 13.1 Å². The molecule has 2 aromatic heterocycles. The van der Waals surface area contributed by atoms with Crippen LogP contribution in [0.4, 0.5) is 28.4 Å². The Bertz CT molecular complexity index is 2850. The molecule has 1 amide bonds. The number of anilines is 4. The van der Waals surface area contributed by atoms with Crippen LogP contribution in [0, 0.1) is 21.4 Å². The number of hydrogen-bond donors (Lipinski definition) is 6.